The number of benzene rings is 2. The van der Waals surface area contributed by atoms with Gasteiger partial charge in [-0.15, -0.1) is 0 Å². The number of esters is 1. The largest absolute Gasteiger partial charge is 0.455 e. The number of anilines is 1. The molecule has 2 heterocycles. The van der Waals surface area contributed by atoms with E-state index in [1.54, 1.807) is 12.3 Å². The number of carbonyl (C=O) groups excluding carboxylic acids is 2. The van der Waals surface area contributed by atoms with Crippen LogP contribution in [0.3, 0.4) is 0 Å². The fourth-order valence-electron chi connectivity index (χ4n) is 4.52. The molecular weight excluding hydrogens is 466 g/mol. The van der Waals surface area contributed by atoms with Gasteiger partial charge in [-0.25, -0.2) is 8.42 Å². The van der Waals surface area contributed by atoms with Crippen molar-refractivity contribution in [3.63, 3.8) is 0 Å². The zero-order valence-electron chi connectivity index (χ0n) is 19.8. The molecule has 0 saturated carbocycles. The van der Waals surface area contributed by atoms with Crippen LogP contribution in [0.15, 0.2) is 65.7 Å². The molecule has 0 spiro atoms. The van der Waals surface area contributed by atoms with Crippen LogP contribution in [0.4, 0.5) is 5.69 Å². The first-order valence-corrected chi connectivity index (χ1v) is 13.0. The molecule has 1 aliphatic rings. The number of nitrogens with zero attached hydrogens (tertiary/aromatic N) is 2. The summed E-state index contributed by atoms with van der Waals surface area (Å²) in [6.45, 7) is 4.68. The van der Waals surface area contributed by atoms with E-state index in [0.29, 0.717) is 30.6 Å². The first-order chi connectivity index (χ1) is 16.7. The lowest BCUT2D eigenvalue weighted by molar-refractivity contribution is -0.146. The topological polar surface area (TPSA) is 106 Å². The van der Waals surface area contributed by atoms with E-state index in [4.69, 9.17) is 4.74 Å². The molecule has 3 aromatic rings. The van der Waals surface area contributed by atoms with Crippen molar-refractivity contribution in [2.24, 2.45) is 11.8 Å². The number of fused-ring (bicyclic) bond motifs is 1. The van der Waals surface area contributed by atoms with Crippen LogP contribution in [-0.2, 0) is 30.8 Å². The number of aromatic nitrogens is 1. The van der Waals surface area contributed by atoms with Crippen molar-refractivity contribution in [1.82, 2.24) is 9.29 Å². The molecule has 35 heavy (non-hydrogen) atoms. The first-order valence-electron chi connectivity index (χ1n) is 11.6. The molecule has 1 amide bonds. The SMILES string of the molecule is CC1CC(C)CN(S(=O)(=O)c2ccc(NC(=O)COC(=O)Cc3cccc4cccnc34)cc2)C1. The highest BCUT2D eigenvalue weighted by atomic mass is 32.2. The third kappa shape index (κ3) is 6.04. The van der Waals surface area contributed by atoms with E-state index in [9.17, 15) is 18.0 Å². The summed E-state index contributed by atoms with van der Waals surface area (Å²) in [5, 5.41) is 3.55. The maximum atomic E-state index is 13.0. The van der Waals surface area contributed by atoms with E-state index in [-0.39, 0.29) is 11.3 Å². The Kier molecular flexibility index (Phi) is 7.47. The summed E-state index contributed by atoms with van der Waals surface area (Å²) < 4.78 is 32.7. The minimum absolute atomic E-state index is 0.00191. The number of nitrogens with one attached hydrogen (secondary N) is 1. The molecule has 1 saturated heterocycles. The van der Waals surface area contributed by atoms with E-state index in [1.807, 2.05) is 24.3 Å². The Labute approximate surface area is 205 Å². The second-order valence-corrected chi connectivity index (χ2v) is 11.1. The molecule has 8 nitrogen and oxygen atoms in total. The van der Waals surface area contributed by atoms with E-state index >= 15 is 0 Å². The Morgan fingerprint density at radius 1 is 1.03 bits per heavy atom. The van der Waals surface area contributed by atoms with Crippen molar-refractivity contribution in [1.29, 1.82) is 0 Å². The van der Waals surface area contributed by atoms with Gasteiger partial charge < -0.3 is 10.1 Å². The van der Waals surface area contributed by atoms with Crippen LogP contribution < -0.4 is 5.32 Å². The number of piperidine rings is 1. The number of amides is 1. The van der Waals surface area contributed by atoms with Crippen molar-refractivity contribution in [3.05, 3.63) is 66.4 Å². The normalized spacial score (nSPS) is 18.8. The quantitative estimate of drug-likeness (QED) is 0.502. The zero-order valence-corrected chi connectivity index (χ0v) is 20.6. The van der Waals surface area contributed by atoms with Gasteiger partial charge in [0.15, 0.2) is 6.61 Å². The van der Waals surface area contributed by atoms with Gasteiger partial charge >= 0.3 is 5.97 Å². The van der Waals surface area contributed by atoms with E-state index in [1.165, 1.54) is 28.6 Å². The Balaban J connectivity index is 1.31. The summed E-state index contributed by atoms with van der Waals surface area (Å²) in [5.41, 5.74) is 1.87. The van der Waals surface area contributed by atoms with Gasteiger partial charge in [-0.3, -0.25) is 14.6 Å². The molecule has 1 fully saturated rings. The summed E-state index contributed by atoms with van der Waals surface area (Å²) >= 11 is 0. The number of sulfonamides is 1. The fraction of sp³-hybridized carbons (Fsp3) is 0.346. The number of hydrogen-bond acceptors (Lipinski definition) is 6. The highest BCUT2D eigenvalue weighted by Gasteiger charge is 2.31. The Bertz CT molecular complexity index is 1310. The number of pyridine rings is 1. The molecule has 0 radical (unpaired) electrons. The molecule has 1 aliphatic heterocycles. The van der Waals surface area contributed by atoms with Gasteiger partial charge in [-0.1, -0.05) is 38.1 Å². The Morgan fingerprint density at radius 2 is 1.71 bits per heavy atom. The minimum atomic E-state index is -3.59. The van der Waals surface area contributed by atoms with E-state index < -0.39 is 28.5 Å². The molecule has 2 aromatic carbocycles. The average Bonchev–Trinajstić information content (AvgIpc) is 2.83. The van der Waals surface area contributed by atoms with Gasteiger partial charge in [-0.05, 0) is 54.2 Å². The lowest BCUT2D eigenvalue weighted by atomic mass is 9.94. The summed E-state index contributed by atoms with van der Waals surface area (Å²) in [7, 11) is -3.59. The number of hydrogen-bond donors (Lipinski definition) is 1. The van der Waals surface area contributed by atoms with Crippen LogP contribution in [-0.4, -0.2) is 49.3 Å². The number of ether oxygens (including phenoxy) is 1. The van der Waals surface area contributed by atoms with Gasteiger partial charge in [-0.2, -0.15) is 4.31 Å². The third-order valence-corrected chi connectivity index (χ3v) is 7.87. The summed E-state index contributed by atoms with van der Waals surface area (Å²) in [5.74, 6) is -0.424. The molecule has 184 valence electrons. The monoisotopic (exact) mass is 495 g/mol. The number of para-hydroxylation sites is 1. The Morgan fingerprint density at radius 3 is 2.43 bits per heavy atom. The van der Waals surface area contributed by atoms with Crippen LogP contribution in [0, 0.1) is 11.8 Å². The van der Waals surface area contributed by atoms with Crippen LogP contribution >= 0.6 is 0 Å². The van der Waals surface area contributed by atoms with Crippen LogP contribution in [0.1, 0.15) is 25.8 Å². The van der Waals surface area contributed by atoms with E-state index in [2.05, 4.69) is 24.1 Å². The predicted octanol–water partition coefficient (Wildman–Crippen LogP) is 3.63. The molecule has 0 aliphatic carbocycles. The van der Waals surface area contributed by atoms with Gasteiger partial charge in [0.25, 0.3) is 5.91 Å². The third-order valence-electron chi connectivity index (χ3n) is 6.03. The van der Waals surface area contributed by atoms with E-state index in [0.717, 1.165) is 22.9 Å². The molecule has 1 N–H and O–H groups in total. The minimum Gasteiger partial charge on any atom is -0.455 e. The van der Waals surface area contributed by atoms with Crippen molar-refractivity contribution in [3.8, 4) is 0 Å². The lowest BCUT2D eigenvalue weighted by Gasteiger charge is -2.34. The predicted molar refractivity (Wildman–Crippen MR) is 133 cm³/mol. The molecule has 0 bridgehead atoms. The lowest BCUT2D eigenvalue weighted by Crippen LogP contribution is -2.42. The Hall–Kier alpha value is -3.30. The van der Waals surface area contributed by atoms with Crippen molar-refractivity contribution in [2.45, 2.75) is 31.6 Å². The highest BCUT2D eigenvalue weighted by molar-refractivity contribution is 7.89. The average molecular weight is 496 g/mol. The van der Waals surface area contributed by atoms with Crippen molar-refractivity contribution in [2.75, 3.05) is 25.0 Å². The van der Waals surface area contributed by atoms with Gasteiger partial charge in [0, 0.05) is 30.4 Å². The number of rotatable bonds is 7. The second-order valence-electron chi connectivity index (χ2n) is 9.17. The smallest absolute Gasteiger partial charge is 0.310 e. The molecule has 2 unspecified atom stereocenters. The maximum absolute atomic E-state index is 13.0. The highest BCUT2D eigenvalue weighted by Crippen LogP contribution is 2.27. The zero-order chi connectivity index (χ0) is 25.0. The molecule has 2 atom stereocenters. The molecule has 4 rings (SSSR count). The van der Waals surface area contributed by atoms with Gasteiger partial charge in [0.05, 0.1) is 16.8 Å². The summed E-state index contributed by atoms with van der Waals surface area (Å²) in [4.78, 5) is 29.0. The van der Waals surface area contributed by atoms with Crippen LogP contribution in [0.25, 0.3) is 10.9 Å². The second kappa shape index (κ2) is 10.5. The first kappa shape index (κ1) is 24.8. The molecule has 9 heteroatoms. The summed E-state index contributed by atoms with van der Waals surface area (Å²) in [6.07, 6.45) is 2.68. The van der Waals surface area contributed by atoms with Gasteiger partial charge in [0.2, 0.25) is 10.0 Å². The van der Waals surface area contributed by atoms with Crippen molar-refractivity contribution < 1.29 is 22.7 Å². The standard InChI is InChI=1S/C26H29N3O5S/c1-18-13-19(2)16-29(15-18)35(32,33)23-10-8-22(9-11-23)28-24(30)17-34-25(31)14-21-6-3-5-20-7-4-12-27-26(20)21/h3-12,18-19H,13-17H2,1-2H3,(H,28,30). The maximum Gasteiger partial charge on any atom is 0.310 e. The van der Waals surface area contributed by atoms with Crippen molar-refractivity contribution >= 4 is 38.5 Å². The van der Waals surface area contributed by atoms with Crippen LogP contribution in [0.2, 0.25) is 0 Å². The number of carbonyl (C=O) groups is 2. The summed E-state index contributed by atoms with van der Waals surface area (Å²) in [6, 6.07) is 15.3. The van der Waals surface area contributed by atoms with Gasteiger partial charge in [0.1, 0.15) is 0 Å². The van der Waals surface area contributed by atoms with Crippen LogP contribution in [0.5, 0.6) is 0 Å². The molecular formula is C26H29N3O5S. The molecule has 1 aromatic heterocycles. The fourth-order valence-corrected chi connectivity index (χ4v) is 6.20.